The van der Waals surface area contributed by atoms with Crippen LogP contribution in [0.3, 0.4) is 0 Å². The number of benzene rings is 1. The van der Waals surface area contributed by atoms with Crippen LogP contribution in [0.1, 0.15) is 33.3 Å². The first kappa shape index (κ1) is 15.5. The van der Waals surface area contributed by atoms with E-state index in [0.717, 1.165) is 17.8 Å². The van der Waals surface area contributed by atoms with Gasteiger partial charge in [0.2, 0.25) is 0 Å². The molecule has 0 amide bonds. The van der Waals surface area contributed by atoms with Crippen molar-refractivity contribution in [1.29, 1.82) is 0 Å². The van der Waals surface area contributed by atoms with E-state index in [0.29, 0.717) is 12.0 Å². The van der Waals surface area contributed by atoms with Crippen LogP contribution < -0.4 is 5.32 Å². The molecule has 0 saturated carbocycles. The van der Waals surface area contributed by atoms with Gasteiger partial charge in [-0.05, 0) is 18.1 Å². The molecule has 112 valence electrons. The van der Waals surface area contributed by atoms with Crippen molar-refractivity contribution < 1.29 is 0 Å². The molecule has 0 aliphatic carbocycles. The number of aromatic nitrogens is 2. The molecule has 1 heterocycles. The van der Waals surface area contributed by atoms with Crippen LogP contribution in [-0.4, -0.2) is 22.4 Å². The monoisotopic (exact) mass is 283 g/mol. The third kappa shape index (κ3) is 4.57. The zero-order chi connectivity index (χ0) is 15.2. The number of rotatable bonds is 6. The molecule has 1 aromatic carbocycles. The van der Waals surface area contributed by atoms with Crippen LogP contribution in [0.4, 0.5) is 0 Å². The third-order valence-electron chi connectivity index (χ3n) is 3.43. The first-order valence-corrected chi connectivity index (χ1v) is 7.60. The smallest absolute Gasteiger partial charge is 0.0645 e. The van der Waals surface area contributed by atoms with Crippen molar-refractivity contribution in [2.24, 2.45) is 5.92 Å². The van der Waals surface area contributed by atoms with Gasteiger partial charge in [-0.2, -0.15) is 5.10 Å². The van der Waals surface area contributed by atoms with E-state index in [9.17, 15) is 0 Å². The molecule has 3 nitrogen and oxygen atoms in total. The van der Waals surface area contributed by atoms with E-state index in [-0.39, 0.29) is 0 Å². The van der Waals surface area contributed by atoms with Crippen molar-refractivity contribution >= 4 is 6.08 Å². The number of para-hydroxylation sites is 1. The van der Waals surface area contributed by atoms with E-state index in [2.05, 4.69) is 62.5 Å². The minimum Gasteiger partial charge on any atom is -0.311 e. The predicted molar refractivity (Wildman–Crippen MR) is 89.5 cm³/mol. The lowest BCUT2D eigenvalue weighted by Crippen LogP contribution is -2.26. The van der Waals surface area contributed by atoms with Crippen molar-refractivity contribution in [1.82, 2.24) is 15.1 Å². The number of hydrogen-bond donors (Lipinski definition) is 1. The van der Waals surface area contributed by atoms with Gasteiger partial charge in [0.05, 0.1) is 11.9 Å². The lowest BCUT2D eigenvalue weighted by atomic mass is 10.0. The normalized spacial score (nSPS) is 12.4. The molecule has 2 aromatic rings. The quantitative estimate of drug-likeness (QED) is 0.871. The van der Waals surface area contributed by atoms with Crippen molar-refractivity contribution in [3.8, 4) is 5.69 Å². The summed E-state index contributed by atoms with van der Waals surface area (Å²) in [5.41, 5.74) is 3.63. The molecule has 3 heteroatoms. The zero-order valence-corrected chi connectivity index (χ0v) is 13.4. The standard InChI is InChI=1S/C18H25N3/c1-14(2)17(12-19-15(3)4)10-16-11-20-21(13-16)18-8-6-5-7-9-18/h5-11,13-15,19H,12H2,1-4H3. The maximum atomic E-state index is 4.45. The Bertz CT molecular complexity index is 580. The molecule has 0 saturated heterocycles. The molecule has 0 spiro atoms. The Labute approximate surface area is 127 Å². The second kappa shape index (κ2) is 7.23. The maximum Gasteiger partial charge on any atom is 0.0645 e. The Balaban J connectivity index is 2.17. The number of nitrogens with one attached hydrogen (secondary N) is 1. The molecular weight excluding hydrogens is 258 g/mol. The van der Waals surface area contributed by atoms with Crippen molar-refractivity contribution in [3.63, 3.8) is 0 Å². The summed E-state index contributed by atoms with van der Waals surface area (Å²) in [6.07, 6.45) is 6.24. The second-order valence-corrected chi connectivity index (χ2v) is 5.96. The summed E-state index contributed by atoms with van der Waals surface area (Å²) in [6, 6.07) is 10.7. The number of hydrogen-bond acceptors (Lipinski definition) is 2. The Kier molecular flexibility index (Phi) is 5.34. The highest BCUT2D eigenvalue weighted by molar-refractivity contribution is 5.52. The fourth-order valence-corrected chi connectivity index (χ4v) is 2.09. The topological polar surface area (TPSA) is 29.9 Å². The molecule has 0 bridgehead atoms. The molecule has 0 unspecified atom stereocenters. The molecule has 0 radical (unpaired) electrons. The molecule has 0 aliphatic rings. The number of nitrogens with zero attached hydrogens (tertiary/aromatic N) is 2. The molecule has 21 heavy (non-hydrogen) atoms. The van der Waals surface area contributed by atoms with Crippen LogP contribution in [0.5, 0.6) is 0 Å². The first-order valence-electron chi connectivity index (χ1n) is 7.60. The fraction of sp³-hybridized carbons (Fsp3) is 0.389. The van der Waals surface area contributed by atoms with Crippen LogP contribution in [0.15, 0.2) is 48.3 Å². The summed E-state index contributed by atoms with van der Waals surface area (Å²) in [5, 5.41) is 7.94. The SMILES string of the molecule is CC(C)NCC(=Cc1cnn(-c2ccccc2)c1)C(C)C. The molecule has 1 N–H and O–H groups in total. The Morgan fingerprint density at radius 1 is 1.19 bits per heavy atom. The summed E-state index contributed by atoms with van der Waals surface area (Å²) in [5.74, 6) is 0.524. The van der Waals surface area contributed by atoms with Crippen LogP contribution >= 0.6 is 0 Å². The zero-order valence-electron chi connectivity index (χ0n) is 13.4. The lowest BCUT2D eigenvalue weighted by Gasteiger charge is -2.14. The van der Waals surface area contributed by atoms with E-state index < -0.39 is 0 Å². The van der Waals surface area contributed by atoms with Gasteiger partial charge in [-0.3, -0.25) is 0 Å². The van der Waals surface area contributed by atoms with Gasteiger partial charge in [0.25, 0.3) is 0 Å². The van der Waals surface area contributed by atoms with Crippen LogP contribution in [0.25, 0.3) is 11.8 Å². The summed E-state index contributed by atoms with van der Waals surface area (Å²) in [7, 11) is 0. The fourth-order valence-electron chi connectivity index (χ4n) is 2.09. The van der Waals surface area contributed by atoms with Gasteiger partial charge in [-0.15, -0.1) is 0 Å². The van der Waals surface area contributed by atoms with Crippen molar-refractivity contribution in [2.45, 2.75) is 33.7 Å². The average Bonchev–Trinajstić information content (AvgIpc) is 2.92. The van der Waals surface area contributed by atoms with E-state index in [1.165, 1.54) is 5.57 Å². The van der Waals surface area contributed by atoms with Gasteiger partial charge in [-0.25, -0.2) is 4.68 Å². The van der Waals surface area contributed by atoms with E-state index in [1.807, 2.05) is 29.1 Å². The van der Waals surface area contributed by atoms with Gasteiger partial charge in [0, 0.05) is 24.3 Å². The third-order valence-corrected chi connectivity index (χ3v) is 3.43. The van der Waals surface area contributed by atoms with Gasteiger partial charge < -0.3 is 5.32 Å². The van der Waals surface area contributed by atoms with Crippen molar-refractivity contribution in [3.05, 3.63) is 53.9 Å². The average molecular weight is 283 g/mol. The predicted octanol–water partition coefficient (Wildman–Crippen LogP) is 3.91. The molecule has 0 aliphatic heterocycles. The summed E-state index contributed by atoms with van der Waals surface area (Å²) >= 11 is 0. The molecular formula is C18H25N3. The van der Waals surface area contributed by atoms with Gasteiger partial charge in [-0.1, -0.05) is 57.5 Å². The molecule has 0 fully saturated rings. The second-order valence-electron chi connectivity index (χ2n) is 5.96. The molecule has 1 aromatic heterocycles. The summed E-state index contributed by atoms with van der Waals surface area (Å²) in [4.78, 5) is 0. The Morgan fingerprint density at radius 2 is 1.90 bits per heavy atom. The van der Waals surface area contributed by atoms with Crippen LogP contribution in [0, 0.1) is 5.92 Å². The molecule has 2 rings (SSSR count). The van der Waals surface area contributed by atoms with Gasteiger partial charge in [0.15, 0.2) is 0 Å². The highest BCUT2D eigenvalue weighted by Crippen LogP contribution is 2.15. The van der Waals surface area contributed by atoms with Crippen LogP contribution in [-0.2, 0) is 0 Å². The van der Waals surface area contributed by atoms with E-state index in [4.69, 9.17) is 0 Å². The lowest BCUT2D eigenvalue weighted by molar-refractivity contribution is 0.593. The minimum atomic E-state index is 0.499. The highest BCUT2D eigenvalue weighted by atomic mass is 15.3. The van der Waals surface area contributed by atoms with Crippen molar-refractivity contribution in [2.75, 3.05) is 6.54 Å². The maximum absolute atomic E-state index is 4.45. The van der Waals surface area contributed by atoms with E-state index >= 15 is 0 Å². The van der Waals surface area contributed by atoms with Gasteiger partial charge >= 0.3 is 0 Å². The Morgan fingerprint density at radius 3 is 2.52 bits per heavy atom. The highest BCUT2D eigenvalue weighted by Gasteiger charge is 2.06. The van der Waals surface area contributed by atoms with Crippen LogP contribution in [0.2, 0.25) is 0 Å². The van der Waals surface area contributed by atoms with Gasteiger partial charge in [0.1, 0.15) is 0 Å². The largest absolute Gasteiger partial charge is 0.311 e. The minimum absolute atomic E-state index is 0.499. The van der Waals surface area contributed by atoms with E-state index in [1.54, 1.807) is 0 Å². The Hall–Kier alpha value is -1.87. The molecule has 0 atom stereocenters. The first-order chi connectivity index (χ1) is 10.1. The summed E-state index contributed by atoms with van der Waals surface area (Å²) in [6.45, 7) is 9.73. The summed E-state index contributed by atoms with van der Waals surface area (Å²) < 4.78 is 1.92.